The molecule has 3 rings (SSSR count). The monoisotopic (exact) mass is 359 g/mol. The number of rotatable bonds is 4. The molecule has 2 atom stereocenters. The van der Waals surface area contributed by atoms with Gasteiger partial charge in [-0.15, -0.1) is 10.2 Å². The average Bonchev–Trinajstić information content (AvgIpc) is 3.17. The number of carbonyl (C=O) groups is 2. The number of hydrogen-bond donors (Lipinski definition) is 3. The second kappa shape index (κ2) is 7.22. The lowest BCUT2D eigenvalue weighted by atomic mass is 9.88. The number of nitrogens with zero attached hydrogens (tertiary/aromatic N) is 4. The van der Waals surface area contributed by atoms with Gasteiger partial charge in [0.1, 0.15) is 24.4 Å². The normalized spacial score (nSPS) is 22.9. The lowest BCUT2D eigenvalue weighted by Crippen LogP contribution is -2.61. The lowest BCUT2D eigenvalue weighted by molar-refractivity contribution is -0.127. The maximum atomic E-state index is 12.8. The van der Waals surface area contributed by atoms with Gasteiger partial charge in [0.05, 0.1) is 0 Å². The van der Waals surface area contributed by atoms with E-state index in [-0.39, 0.29) is 37.9 Å². The predicted molar refractivity (Wildman–Crippen MR) is 91.5 cm³/mol. The Morgan fingerprint density at radius 2 is 2.08 bits per heavy atom. The van der Waals surface area contributed by atoms with E-state index in [1.807, 2.05) is 6.07 Å². The van der Waals surface area contributed by atoms with Crippen molar-refractivity contribution in [2.45, 2.75) is 25.0 Å². The third-order valence-corrected chi connectivity index (χ3v) is 4.57. The van der Waals surface area contributed by atoms with Crippen LogP contribution in [0, 0.1) is 0 Å². The summed E-state index contributed by atoms with van der Waals surface area (Å²) >= 11 is 0. The molecule has 1 aromatic heterocycles. The van der Waals surface area contributed by atoms with Crippen LogP contribution in [0.2, 0.25) is 0 Å². The number of aromatic nitrogens is 3. The molecule has 1 saturated heterocycles. The molecular formula is C17H21N5O4. The Kier molecular flexibility index (Phi) is 5.01. The van der Waals surface area contributed by atoms with Crippen LogP contribution < -0.4 is 5.32 Å². The number of benzene rings is 1. The van der Waals surface area contributed by atoms with E-state index in [4.69, 9.17) is 0 Å². The van der Waals surface area contributed by atoms with E-state index in [1.165, 1.54) is 24.5 Å². The minimum absolute atomic E-state index is 0.00816. The van der Waals surface area contributed by atoms with Crippen molar-refractivity contribution >= 4 is 11.8 Å². The standard InChI is InChI=1S/C17H21N5O4/c1-12(23)18-9-17(26)5-6-21(8-15(17)24)16(25)13-3-2-4-14(7-13)22-10-19-20-11-22/h2-4,7,10-11,15,24,26H,5-6,8-9H2,1H3,(H,18,23)/t15-,17-/m1/s1. The first-order valence-corrected chi connectivity index (χ1v) is 8.28. The van der Waals surface area contributed by atoms with Crippen LogP contribution in [0.1, 0.15) is 23.7 Å². The molecule has 3 N–H and O–H groups in total. The number of piperidine rings is 1. The lowest BCUT2D eigenvalue weighted by Gasteiger charge is -2.42. The van der Waals surface area contributed by atoms with Crippen molar-refractivity contribution in [1.82, 2.24) is 25.0 Å². The highest BCUT2D eigenvalue weighted by Crippen LogP contribution is 2.24. The third kappa shape index (κ3) is 3.73. The molecule has 2 amide bonds. The highest BCUT2D eigenvalue weighted by atomic mass is 16.3. The molecule has 2 heterocycles. The summed E-state index contributed by atoms with van der Waals surface area (Å²) < 4.78 is 1.69. The van der Waals surface area contributed by atoms with Crippen LogP contribution >= 0.6 is 0 Å². The Balaban J connectivity index is 1.70. The van der Waals surface area contributed by atoms with E-state index in [0.29, 0.717) is 5.56 Å². The highest BCUT2D eigenvalue weighted by Gasteiger charge is 2.42. The number of hydrogen-bond acceptors (Lipinski definition) is 6. The van der Waals surface area contributed by atoms with Crippen molar-refractivity contribution in [3.8, 4) is 5.69 Å². The maximum Gasteiger partial charge on any atom is 0.254 e. The summed E-state index contributed by atoms with van der Waals surface area (Å²) in [5.74, 6) is -0.518. The minimum Gasteiger partial charge on any atom is -0.388 e. The van der Waals surface area contributed by atoms with Crippen molar-refractivity contribution < 1.29 is 19.8 Å². The van der Waals surface area contributed by atoms with Crippen molar-refractivity contribution in [3.05, 3.63) is 42.5 Å². The van der Waals surface area contributed by atoms with Crippen LogP contribution in [0.4, 0.5) is 0 Å². The predicted octanol–water partition coefficient (Wildman–Crippen LogP) is -0.659. The van der Waals surface area contributed by atoms with Gasteiger partial charge in [0, 0.05) is 37.8 Å². The van der Waals surface area contributed by atoms with Gasteiger partial charge in [0.2, 0.25) is 5.91 Å². The van der Waals surface area contributed by atoms with Gasteiger partial charge in [0.15, 0.2) is 0 Å². The number of aliphatic hydroxyl groups is 2. The van der Waals surface area contributed by atoms with Gasteiger partial charge in [-0.05, 0) is 24.6 Å². The summed E-state index contributed by atoms with van der Waals surface area (Å²) in [7, 11) is 0. The number of likely N-dealkylation sites (tertiary alicyclic amines) is 1. The summed E-state index contributed by atoms with van der Waals surface area (Å²) in [5.41, 5.74) is -0.219. The first-order chi connectivity index (χ1) is 12.4. The Labute approximate surface area is 150 Å². The zero-order valence-corrected chi connectivity index (χ0v) is 14.4. The van der Waals surface area contributed by atoms with Gasteiger partial charge in [-0.25, -0.2) is 0 Å². The molecule has 1 aliphatic heterocycles. The van der Waals surface area contributed by atoms with Crippen LogP contribution in [-0.2, 0) is 4.79 Å². The molecule has 0 unspecified atom stereocenters. The molecule has 1 aliphatic rings. The number of nitrogens with one attached hydrogen (secondary N) is 1. The quantitative estimate of drug-likeness (QED) is 0.667. The van der Waals surface area contributed by atoms with Gasteiger partial charge >= 0.3 is 0 Å². The van der Waals surface area contributed by atoms with Gasteiger partial charge < -0.3 is 20.4 Å². The zero-order chi connectivity index (χ0) is 18.7. The SMILES string of the molecule is CC(=O)NC[C@]1(O)CCN(C(=O)c2cccc(-n3cnnc3)c2)C[C@H]1O. The van der Waals surface area contributed by atoms with Crippen LogP contribution in [0.15, 0.2) is 36.9 Å². The van der Waals surface area contributed by atoms with Crippen LogP contribution in [0.5, 0.6) is 0 Å². The van der Waals surface area contributed by atoms with Gasteiger partial charge in [0.25, 0.3) is 5.91 Å². The van der Waals surface area contributed by atoms with Crippen LogP contribution in [-0.4, -0.2) is 73.0 Å². The van der Waals surface area contributed by atoms with E-state index >= 15 is 0 Å². The van der Waals surface area contributed by atoms with E-state index in [2.05, 4.69) is 15.5 Å². The Morgan fingerprint density at radius 1 is 1.35 bits per heavy atom. The third-order valence-electron chi connectivity index (χ3n) is 4.57. The van der Waals surface area contributed by atoms with Gasteiger partial charge in [-0.2, -0.15) is 0 Å². The highest BCUT2D eigenvalue weighted by molar-refractivity contribution is 5.94. The number of amides is 2. The van der Waals surface area contributed by atoms with E-state index < -0.39 is 11.7 Å². The van der Waals surface area contributed by atoms with Gasteiger partial charge in [-0.3, -0.25) is 14.2 Å². The first kappa shape index (κ1) is 18.0. The first-order valence-electron chi connectivity index (χ1n) is 8.28. The Bertz CT molecular complexity index is 794. The molecule has 0 aliphatic carbocycles. The number of aliphatic hydroxyl groups excluding tert-OH is 1. The number of β-amino-alcohol motifs (C(OH)–C–C–N with tert-alkyl or cyclic N) is 1. The van der Waals surface area contributed by atoms with Crippen molar-refractivity contribution in [3.63, 3.8) is 0 Å². The molecule has 0 spiro atoms. The molecule has 9 nitrogen and oxygen atoms in total. The summed E-state index contributed by atoms with van der Waals surface area (Å²) in [4.78, 5) is 25.3. The zero-order valence-electron chi connectivity index (χ0n) is 14.4. The summed E-state index contributed by atoms with van der Waals surface area (Å²) in [6, 6.07) is 7.00. The van der Waals surface area contributed by atoms with E-state index in [9.17, 15) is 19.8 Å². The Hall–Kier alpha value is -2.78. The molecule has 26 heavy (non-hydrogen) atoms. The average molecular weight is 359 g/mol. The fourth-order valence-corrected chi connectivity index (χ4v) is 2.95. The fourth-order valence-electron chi connectivity index (χ4n) is 2.95. The van der Waals surface area contributed by atoms with Crippen molar-refractivity contribution in [2.75, 3.05) is 19.6 Å². The molecule has 138 valence electrons. The molecule has 0 bridgehead atoms. The molecule has 9 heteroatoms. The van der Waals surface area contributed by atoms with Crippen molar-refractivity contribution in [2.24, 2.45) is 0 Å². The second-order valence-electron chi connectivity index (χ2n) is 6.45. The molecule has 0 radical (unpaired) electrons. The second-order valence-corrected chi connectivity index (χ2v) is 6.45. The molecular weight excluding hydrogens is 338 g/mol. The topological polar surface area (TPSA) is 121 Å². The van der Waals surface area contributed by atoms with E-state index in [0.717, 1.165) is 5.69 Å². The largest absolute Gasteiger partial charge is 0.388 e. The molecule has 0 saturated carbocycles. The maximum absolute atomic E-state index is 12.8. The van der Waals surface area contributed by atoms with Crippen LogP contribution in [0.3, 0.4) is 0 Å². The minimum atomic E-state index is -1.44. The molecule has 1 fully saturated rings. The molecule has 2 aromatic rings. The van der Waals surface area contributed by atoms with Crippen molar-refractivity contribution in [1.29, 1.82) is 0 Å². The smallest absolute Gasteiger partial charge is 0.254 e. The molecule has 1 aromatic carbocycles. The summed E-state index contributed by atoms with van der Waals surface area (Å²) in [6.45, 7) is 1.57. The Morgan fingerprint density at radius 3 is 2.73 bits per heavy atom. The van der Waals surface area contributed by atoms with Crippen LogP contribution in [0.25, 0.3) is 5.69 Å². The summed E-state index contributed by atoms with van der Waals surface area (Å²) in [5, 5.41) is 30.8. The fraction of sp³-hybridized carbons (Fsp3) is 0.412. The number of carbonyl (C=O) groups excluding carboxylic acids is 2. The summed E-state index contributed by atoms with van der Waals surface area (Å²) in [6.07, 6.45) is 2.10. The van der Waals surface area contributed by atoms with E-state index in [1.54, 1.807) is 22.8 Å². The van der Waals surface area contributed by atoms with Gasteiger partial charge in [-0.1, -0.05) is 6.07 Å².